The SMILES string of the molecule is C[Si](C)(C)O[Si](C)(C)O[Si](C)(C)O[Si](C)(C)c1cccc(-c2ccc(C#N)c(C#N)c2)c1. The summed E-state index contributed by atoms with van der Waals surface area (Å²) in [6.45, 7) is 19.4. The van der Waals surface area contributed by atoms with Crippen molar-refractivity contribution < 1.29 is 12.3 Å². The molecular formula is C23H34N2O3Si4. The van der Waals surface area contributed by atoms with Gasteiger partial charge in [0.15, 0.2) is 8.32 Å². The van der Waals surface area contributed by atoms with E-state index in [0.717, 1.165) is 16.3 Å². The molecule has 0 N–H and O–H groups in total. The van der Waals surface area contributed by atoms with Gasteiger partial charge in [0.05, 0.1) is 11.1 Å². The lowest BCUT2D eigenvalue weighted by Crippen LogP contribution is -2.58. The maximum absolute atomic E-state index is 9.37. The van der Waals surface area contributed by atoms with E-state index in [1.54, 1.807) is 12.1 Å². The predicted molar refractivity (Wildman–Crippen MR) is 140 cm³/mol. The predicted octanol–water partition coefficient (Wildman–Crippen LogP) is 5.80. The number of rotatable bonds is 8. The van der Waals surface area contributed by atoms with Crippen LogP contribution in [0.3, 0.4) is 0 Å². The van der Waals surface area contributed by atoms with Crippen molar-refractivity contribution in [2.24, 2.45) is 0 Å². The van der Waals surface area contributed by atoms with Crippen LogP contribution >= 0.6 is 0 Å². The Bertz CT molecular complexity index is 1060. The minimum Gasteiger partial charge on any atom is -0.437 e. The molecule has 2 aromatic rings. The molecule has 9 heteroatoms. The first kappa shape index (κ1) is 26.4. The minimum atomic E-state index is -2.44. The standard InChI is InChI=1S/C23H34N2O3Si4/c1-29(2,3)26-31(6,7)28-32(8,9)27-30(4,5)23-12-10-11-19(16-23)20-13-14-21(17-24)22(15-20)18-25/h10-16H,1-9H3. The molecule has 0 aliphatic heterocycles. The van der Waals surface area contributed by atoms with Crippen molar-refractivity contribution in [1.82, 2.24) is 0 Å². The van der Waals surface area contributed by atoms with E-state index in [1.807, 2.05) is 18.2 Å². The summed E-state index contributed by atoms with van der Waals surface area (Å²) in [6.07, 6.45) is 0. The number of nitriles is 2. The number of hydrogen-bond donors (Lipinski definition) is 0. The van der Waals surface area contributed by atoms with Gasteiger partial charge < -0.3 is 12.3 Å². The molecule has 0 bridgehead atoms. The van der Waals surface area contributed by atoms with Gasteiger partial charge in [-0.3, -0.25) is 0 Å². The molecular weight excluding hydrogens is 465 g/mol. The van der Waals surface area contributed by atoms with E-state index < -0.39 is 33.8 Å². The van der Waals surface area contributed by atoms with Gasteiger partial charge in [-0.2, -0.15) is 10.5 Å². The maximum Gasteiger partial charge on any atom is 0.312 e. The first-order valence-electron chi connectivity index (χ1n) is 10.7. The van der Waals surface area contributed by atoms with Gasteiger partial charge >= 0.3 is 17.1 Å². The number of nitrogens with zero attached hydrogens (tertiary/aromatic N) is 2. The van der Waals surface area contributed by atoms with Gasteiger partial charge in [0.2, 0.25) is 8.32 Å². The summed E-state index contributed by atoms with van der Waals surface area (Å²) in [5.74, 6) is 0. The summed E-state index contributed by atoms with van der Waals surface area (Å²) in [5.41, 5.74) is 2.70. The van der Waals surface area contributed by atoms with Gasteiger partial charge in [-0.05, 0) is 87.4 Å². The monoisotopic (exact) mass is 498 g/mol. The van der Waals surface area contributed by atoms with Crippen LogP contribution in [0.2, 0.25) is 58.9 Å². The second-order valence-corrected chi connectivity index (χ2v) is 26.2. The summed E-state index contributed by atoms with van der Waals surface area (Å²) in [6, 6.07) is 17.8. The fourth-order valence-electron chi connectivity index (χ4n) is 4.03. The van der Waals surface area contributed by atoms with Gasteiger partial charge in [-0.1, -0.05) is 30.3 Å². The smallest absolute Gasteiger partial charge is 0.312 e. The van der Waals surface area contributed by atoms with Gasteiger partial charge in [0.25, 0.3) is 0 Å². The molecule has 2 rings (SSSR count). The summed E-state index contributed by atoms with van der Waals surface area (Å²) >= 11 is 0. The Morgan fingerprint density at radius 2 is 1.19 bits per heavy atom. The van der Waals surface area contributed by atoms with Crippen molar-refractivity contribution >= 4 is 38.9 Å². The summed E-state index contributed by atoms with van der Waals surface area (Å²) in [7, 11) is -8.72. The fourth-order valence-corrected chi connectivity index (χ4v) is 22.1. The molecule has 5 nitrogen and oxygen atoms in total. The Balaban J connectivity index is 2.30. The third-order valence-electron chi connectivity index (χ3n) is 4.70. The lowest BCUT2D eigenvalue weighted by atomic mass is 10.0. The molecule has 0 aliphatic rings. The molecule has 0 aliphatic carbocycles. The average molecular weight is 499 g/mol. The van der Waals surface area contributed by atoms with Crippen LogP contribution in [0, 0.1) is 22.7 Å². The molecule has 170 valence electrons. The minimum absolute atomic E-state index is 0.389. The lowest BCUT2D eigenvalue weighted by molar-refractivity contribution is 0.332. The van der Waals surface area contributed by atoms with E-state index in [2.05, 4.69) is 83.2 Å². The highest BCUT2D eigenvalue weighted by atomic mass is 28.5. The van der Waals surface area contributed by atoms with Gasteiger partial charge in [-0.15, -0.1) is 0 Å². The second-order valence-electron chi connectivity index (χ2n) is 10.3. The van der Waals surface area contributed by atoms with Crippen LogP contribution < -0.4 is 5.19 Å². The van der Waals surface area contributed by atoms with Gasteiger partial charge in [0.1, 0.15) is 12.1 Å². The molecule has 0 aromatic heterocycles. The highest BCUT2D eigenvalue weighted by Crippen LogP contribution is 2.26. The quantitative estimate of drug-likeness (QED) is 0.430. The molecule has 0 atom stereocenters. The van der Waals surface area contributed by atoms with E-state index in [-0.39, 0.29) is 0 Å². The van der Waals surface area contributed by atoms with Crippen LogP contribution in [-0.4, -0.2) is 33.8 Å². The molecule has 0 spiro atoms. The van der Waals surface area contributed by atoms with Crippen LogP contribution in [-0.2, 0) is 12.3 Å². The van der Waals surface area contributed by atoms with E-state index in [1.165, 1.54) is 0 Å². The summed E-state index contributed by atoms with van der Waals surface area (Å²) in [4.78, 5) is 0. The molecule has 0 fully saturated rings. The number of benzene rings is 2. The van der Waals surface area contributed by atoms with Crippen molar-refractivity contribution in [2.45, 2.75) is 58.9 Å². The molecule has 0 unspecified atom stereocenters. The number of hydrogen-bond acceptors (Lipinski definition) is 5. The molecule has 0 heterocycles. The van der Waals surface area contributed by atoms with Crippen LogP contribution in [0.4, 0.5) is 0 Å². The molecule has 2 aromatic carbocycles. The zero-order valence-electron chi connectivity index (χ0n) is 20.7. The molecule has 0 saturated carbocycles. The van der Waals surface area contributed by atoms with Crippen molar-refractivity contribution in [1.29, 1.82) is 10.5 Å². The van der Waals surface area contributed by atoms with Crippen molar-refractivity contribution in [3.63, 3.8) is 0 Å². The third-order valence-corrected chi connectivity index (χ3v) is 18.8. The van der Waals surface area contributed by atoms with Gasteiger partial charge in [-0.25, -0.2) is 0 Å². The average Bonchev–Trinajstić information content (AvgIpc) is 2.63. The molecule has 0 saturated heterocycles. The highest BCUT2D eigenvalue weighted by molar-refractivity contribution is 6.93. The van der Waals surface area contributed by atoms with E-state index in [4.69, 9.17) is 12.3 Å². The molecule has 32 heavy (non-hydrogen) atoms. The van der Waals surface area contributed by atoms with Crippen molar-refractivity contribution in [3.05, 3.63) is 53.6 Å². The van der Waals surface area contributed by atoms with Crippen molar-refractivity contribution in [2.75, 3.05) is 0 Å². The Morgan fingerprint density at radius 3 is 1.75 bits per heavy atom. The summed E-state index contributed by atoms with van der Waals surface area (Å²) in [5, 5.41) is 19.7. The van der Waals surface area contributed by atoms with Crippen LogP contribution in [0.25, 0.3) is 11.1 Å². The summed E-state index contributed by atoms with van der Waals surface area (Å²) < 4.78 is 19.7. The van der Waals surface area contributed by atoms with Crippen LogP contribution in [0.5, 0.6) is 0 Å². The Morgan fingerprint density at radius 1 is 0.625 bits per heavy atom. The first-order chi connectivity index (χ1) is 14.6. The normalized spacial score (nSPS) is 12.8. The van der Waals surface area contributed by atoms with Crippen molar-refractivity contribution in [3.8, 4) is 23.3 Å². The molecule has 0 radical (unpaired) electrons. The first-order valence-corrected chi connectivity index (χ1v) is 22.7. The second kappa shape index (κ2) is 9.57. The van der Waals surface area contributed by atoms with E-state index in [0.29, 0.717) is 11.1 Å². The van der Waals surface area contributed by atoms with Crippen LogP contribution in [0.15, 0.2) is 42.5 Å². The molecule has 0 amide bonds. The zero-order chi connectivity index (χ0) is 24.4. The lowest BCUT2D eigenvalue weighted by Gasteiger charge is -2.40. The Hall–Kier alpha value is -1.83. The van der Waals surface area contributed by atoms with Gasteiger partial charge in [0, 0.05) is 0 Å². The largest absolute Gasteiger partial charge is 0.437 e. The zero-order valence-corrected chi connectivity index (χ0v) is 24.7. The van der Waals surface area contributed by atoms with E-state index in [9.17, 15) is 10.5 Å². The van der Waals surface area contributed by atoms with Crippen LogP contribution in [0.1, 0.15) is 11.1 Å². The van der Waals surface area contributed by atoms with E-state index >= 15 is 0 Å². The Kier molecular flexibility index (Phi) is 7.90. The maximum atomic E-state index is 9.37. The topological polar surface area (TPSA) is 75.3 Å². The Labute approximate surface area is 197 Å². The highest BCUT2D eigenvalue weighted by Gasteiger charge is 2.43. The fraction of sp³-hybridized carbons (Fsp3) is 0.391. The third kappa shape index (κ3) is 7.35.